The standard InChI is InChI=1S/C29H30N4O2S/c1-4-20(3)25(27(35)31-29-33-32-28(36-29)23-17-11-12-19(2)18-23)30-26(34)24(21-13-7-5-8-14-21)22-15-9-6-10-16-22/h5-18,20,24-25H,4H2,1-3H3,(H,30,34)(H,31,33,35). The number of nitrogens with zero attached hydrogens (tertiary/aromatic N) is 2. The molecule has 6 nitrogen and oxygen atoms in total. The molecule has 36 heavy (non-hydrogen) atoms. The Hall–Kier alpha value is -3.84. The molecular formula is C29H30N4O2S. The average molecular weight is 499 g/mol. The van der Waals surface area contributed by atoms with Gasteiger partial charge in [-0.05, 0) is 30.0 Å². The number of benzene rings is 3. The number of hydrogen-bond donors (Lipinski definition) is 2. The summed E-state index contributed by atoms with van der Waals surface area (Å²) in [4.78, 5) is 27.0. The maximum Gasteiger partial charge on any atom is 0.249 e. The maximum absolute atomic E-state index is 13.6. The first-order chi connectivity index (χ1) is 17.5. The first kappa shape index (κ1) is 25.3. The summed E-state index contributed by atoms with van der Waals surface area (Å²) in [5.41, 5.74) is 3.82. The van der Waals surface area contributed by atoms with E-state index in [1.54, 1.807) is 0 Å². The van der Waals surface area contributed by atoms with Crippen molar-refractivity contribution in [2.24, 2.45) is 5.92 Å². The molecule has 1 heterocycles. The van der Waals surface area contributed by atoms with Crippen LogP contribution in [0.5, 0.6) is 0 Å². The molecule has 0 aliphatic carbocycles. The largest absolute Gasteiger partial charge is 0.343 e. The Morgan fingerprint density at radius 1 is 0.861 bits per heavy atom. The van der Waals surface area contributed by atoms with Gasteiger partial charge in [0.2, 0.25) is 16.9 Å². The zero-order valence-electron chi connectivity index (χ0n) is 20.6. The molecule has 2 atom stereocenters. The molecule has 4 aromatic rings. The van der Waals surface area contributed by atoms with Crippen LogP contribution < -0.4 is 10.6 Å². The number of carbonyl (C=O) groups is 2. The second-order valence-electron chi connectivity index (χ2n) is 8.90. The van der Waals surface area contributed by atoms with Gasteiger partial charge in [-0.15, -0.1) is 10.2 Å². The normalized spacial score (nSPS) is 12.7. The molecule has 0 saturated carbocycles. The van der Waals surface area contributed by atoms with Crippen molar-refractivity contribution in [1.29, 1.82) is 0 Å². The summed E-state index contributed by atoms with van der Waals surface area (Å²) in [5, 5.41) is 15.4. The smallest absolute Gasteiger partial charge is 0.249 e. The third-order valence-corrected chi connectivity index (χ3v) is 7.13. The molecule has 2 amide bonds. The van der Waals surface area contributed by atoms with Crippen molar-refractivity contribution < 1.29 is 9.59 Å². The fourth-order valence-corrected chi connectivity index (χ4v) is 4.82. The highest BCUT2D eigenvalue weighted by atomic mass is 32.1. The van der Waals surface area contributed by atoms with E-state index in [1.807, 2.05) is 106 Å². The van der Waals surface area contributed by atoms with E-state index in [2.05, 4.69) is 20.8 Å². The van der Waals surface area contributed by atoms with E-state index in [0.717, 1.165) is 33.7 Å². The molecule has 0 aliphatic rings. The predicted octanol–water partition coefficient (Wildman–Crippen LogP) is 5.82. The van der Waals surface area contributed by atoms with Crippen molar-refractivity contribution >= 4 is 28.3 Å². The number of aryl methyl sites for hydroxylation is 1. The van der Waals surface area contributed by atoms with Gasteiger partial charge in [0.15, 0.2) is 0 Å². The number of aromatic nitrogens is 2. The van der Waals surface area contributed by atoms with Crippen LogP contribution in [0.15, 0.2) is 84.9 Å². The van der Waals surface area contributed by atoms with Gasteiger partial charge in [0, 0.05) is 5.56 Å². The fraction of sp³-hybridized carbons (Fsp3) is 0.241. The topological polar surface area (TPSA) is 84.0 Å². The lowest BCUT2D eigenvalue weighted by atomic mass is 9.89. The summed E-state index contributed by atoms with van der Waals surface area (Å²) < 4.78 is 0. The minimum atomic E-state index is -0.719. The van der Waals surface area contributed by atoms with E-state index in [0.29, 0.717) is 5.13 Å². The van der Waals surface area contributed by atoms with Crippen molar-refractivity contribution in [2.45, 2.75) is 39.2 Å². The highest BCUT2D eigenvalue weighted by molar-refractivity contribution is 7.18. The molecule has 7 heteroatoms. The van der Waals surface area contributed by atoms with Crippen LogP contribution in [-0.4, -0.2) is 28.1 Å². The first-order valence-electron chi connectivity index (χ1n) is 12.1. The third kappa shape index (κ3) is 6.04. The quantitative estimate of drug-likeness (QED) is 0.305. The van der Waals surface area contributed by atoms with Crippen molar-refractivity contribution in [3.05, 3.63) is 102 Å². The minimum absolute atomic E-state index is 0.0784. The summed E-state index contributed by atoms with van der Waals surface area (Å²) in [6, 6.07) is 26.5. The monoisotopic (exact) mass is 498 g/mol. The molecule has 0 fully saturated rings. The summed E-state index contributed by atoms with van der Waals surface area (Å²) in [7, 11) is 0. The second kappa shape index (κ2) is 11.7. The molecule has 2 N–H and O–H groups in total. The van der Waals surface area contributed by atoms with Crippen LogP contribution in [0.25, 0.3) is 10.6 Å². The lowest BCUT2D eigenvalue weighted by Gasteiger charge is -2.26. The number of nitrogens with one attached hydrogen (secondary N) is 2. The lowest BCUT2D eigenvalue weighted by Crippen LogP contribution is -2.49. The Bertz CT molecular complexity index is 1270. The van der Waals surface area contributed by atoms with Gasteiger partial charge in [-0.2, -0.15) is 0 Å². The van der Waals surface area contributed by atoms with E-state index < -0.39 is 12.0 Å². The van der Waals surface area contributed by atoms with Crippen LogP contribution in [0.4, 0.5) is 5.13 Å². The van der Waals surface area contributed by atoms with Gasteiger partial charge in [-0.3, -0.25) is 14.9 Å². The van der Waals surface area contributed by atoms with Crippen molar-refractivity contribution in [1.82, 2.24) is 15.5 Å². The molecule has 0 spiro atoms. The lowest BCUT2D eigenvalue weighted by molar-refractivity contribution is -0.128. The molecular weight excluding hydrogens is 468 g/mol. The zero-order valence-corrected chi connectivity index (χ0v) is 21.5. The first-order valence-corrected chi connectivity index (χ1v) is 12.9. The Balaban J connectivity index is 1.54. The van der Waals surface area contributed by atoms with Gasteiger partial charge >= 0.3 is 0 Å². The molecule has 0 radical (unpaired) electrons. The highest BCUT2D eigenvalue weighted by Crippen LogP contribution is 2.28. The van der Waals surface area contributed by atoms with Crippen LogP contribution >= 0.6 is 11.3 Å². The molecule has 0 saturated heterocycles. The van der Waals surface area contributed by atoms with E-state index in [1.165, 1.54) is 11.3 Å². The Kier molecular flexibility index (Phi) is 8.23. The molecule has 2 unspecified atom stereocenters. The minimum Gasteiger partial charge on any atom is -0.343 e. The fourth-order valence-electron chi connectivity index (χ4n) is 4.08. The third-order valence-electron chi connectivity index (χ3n) is 6.24. The zero-order chi connectivity index (χ0) is 25.5. The van der Waals surface area contributed by atoms with Crippen LogP contribution in [0.3, 0.4) is 0 Å². The van der Waals surface area contributed by atoms with Gasteiger partial charge in [0.1, 0.15) is 11.0 Å². The molecule has 1 aromatic heterocycles. The number of amides is 2. The molecule has 3 aromatic carbocycles. The van der Waals surface area contributed by atoms with E-state index >= 15 is 0 Å². The maximum atomic E-state index is 13.6. The van der Waals surface area contributed by atoms with Crippen molar-refractivity contribution in [3.8, 4) is 10.6 Å². The van der Waals surface area contributed by atoms with Crippen LogP contribution in [0.1, 0.15) is 42.9 Å². The summed E-state index contributed by atoms with van der Waals surface area (Å²) in [6.45, 7) is 5.98. The van der Waals surface area contributed by atoms with Gasteiger partial charge in [0.25, 0.3) is 0 Å². The summed E-state index contributed by atoms with van der Waals surface area (Å²) in [6.07, 6.45) is 0.727. The van der Waals surface area contributed by atoms with Crippen molar-refractivity contribution in [2.75, 3.05) is 5.32 Å². The molecule has 4 rings (SSSR count). The SMILES string of the molecule is CCC(C)C(NC(=O)C(c1ccccc1)c1ccccc1)C(=O)Nc1nnc(-c2cccc(C)c2)s1. The predicted molar refractivity (Wildman–Crippen MR) is 145 cm³/mol. The molecule has 0 aliphatic heterocycles. The summed E-state index contributed by atoms with van der Waals surface area (Å²) in [5.74, 6) is -1.12. The molecule has 184 valence electrons. The van der Waals surface area contributed by atoms with Gasteiger partial charge in [0.05, 0.1) is 5.92 Å². The van der Waals surface area contributed by atoms with Crippen LogP contribution in [-0.2, 0) is 9.59 Å². The highest BCUT2D eigenvalue weighted by Gasteiger charge is 2.31. The Labute approximate surface area is 215 Å². The van der Waals surface area contributed by atoms with Gasteiger partial charge < -0.3 is 5.32 Å². The Morgan fingerprint density at radius 2 is 1.50 bits per heavy atom. The van der Waals surface area contributed by atoms with Crippen LogP contribution in [0.2, 0.25) is 0 Å². The number of rotatable bonds is 9. The van der Waals surface area contributed by atoms with Gasteiger partial charge in [-0.1, -0.05) is 116 Å². The molecule has 0 bridgehead atoms. The number of anilines is 1. The second-order valence-corrected chi connectivity index (χ2v) is 9.87. The summed E-state index contributed by atoms with van der Waals surface area (Å²) >= 11 is 1.31. The van der Waals surface area contributed by atoms with Crippen molar-refractivity contribution in [3.63, 3.8) is 0 Å². The average Bonchev–Trinajstić information content (AvgIpc) is 3.36. The van der Waals surface area contributed by atoms with E-state index in [-0.39, 0.29) is 17.7 Å². The van der Waals surface area contributed by atoms with Crippen LogP contribution in [0, 0.1) is 12.8 Å². The van der Waals surface area contributed by atoms with E-state index in [9.17, 15) is 9.59 Å². The number of hydrogen-bond acceptors (Lipinski definition) is 5. The Morgan fingerprint density at radius 3 is 2.08 bits per heavy atom. The van der Waals surface area contributed by atoms with Gasteiger partial charge in [-0.25, -0.2) is 0 Å². The number of carbonyl (C=O) groups excluding carboxylic acids is 2. The van der Waals surface area contributed by atoms with E-state index in [4.69, 9.17) is 0 Å².